The lowest BCUT2D eigenvalue weighted by molar-refractivity contribution is -0.240. The Kier molecular flexibility index (Phi) is 6.59. The van der Waals surface area contributed by atoms with Crippen molar-refractivity contribution in [3.63, 3.8) is 0 Å². The van der Waals surface area contributed by atoms with Crippen molar-refractivity contribution in [2.45, 2.75) is 76.2 Å². The molecular formula is C27H34O10. The van der Waals surface area contributed by atoms with E-state index in [4.69, 9.17) is 23.7 Å². The van der Waals surface area contributed by atoms with Crippen LogP contribution in [0.5, 0.6) is 0 Å². The number of hydrogen-bond donors (Lipinski definition) is 2. The van der Waals surface area contributed by atoms with Crippen LogP contribution in [-0.4, -0.2) is 84.1 Å². The van der Waals surface area contributed by atoms with Crippen LogP contribution in [0.1, 0.15) is 40.0 Å². The number of cyclic esters (lactones) is 2. The first-order valence-electron chi connectivity index (χ1n) is 12.8. The van der Waals surface area contributed by atoms with E-state index in [0.29, 0.717) is 13.0 Å². The van der Waals surface area contributed by atoms with Crippen LogP contribution in [0.4, 0.5) is 0 Å². The van der Waals surface area contributed by atoms with Gasteiger partial charge in [-0.15, -0.1) is 0 Å². The third-order valence-electron chi connectivity index (χ3n) is 9.22. The summed E-state index contributed by atoms with van der Waals surface area (Å²) in [6.45, 7) is 5.67. The SMILES string of the molecule is CC1=CC2O[C@@H]3C[C@H]4OC(=O)/C=C\C=C\C(=O)OCC[C@@H](C)[C@H](O)C(=O)OC[C@@]2(C[C@H]1O)[C@]4(C)[C@]31CO1. The number of esters is 3. The molecule has 1 unspecified atom stereocenters. The fraction of sp³-hybridized carbons (Fsp3) is 0.667. The van der Waals surface area contributed by atoms with Gasteiger partial charge in [0.15, 0.2) is 6.10 Å². The van der Waals surface area contributed by atoms with Crippen LogP contribution in [-0.2, 0) is 38.1 Å². The van der Waals surface area contributed by atoms with E-state index in [1.54, 1.807) is 6.92 Å². The molecule has 0 amide bonds. The third-order valence-corrected chi connectivity index (χ3v) is 9.22. The zero-order valence-corrected chi connectivity index (χ0v) is 21.3. The predicted octanol–water partition coefficient (Wildman–Crippen LogP) is 1.14. The first kappa shape index (κ1) is 26.1. The molecule has 3 heterocycles. The Hall–Kier alpha value is -2.53. The fourth-order valence-electron chi connectivity index (χ4n) is 6.66. The Morgan fingerprint density at radius 3 is 2.41 bits per heavy atom. The molecule has 9 atom stereocenters. The average molecular weight is 519 g/mol. The van der Waals surface area contributed by atoms with Gasteiger partial charge in [0.25, 0.3) is 0 Å². The molecule has 10 heteroatoms. The molecule has 0 aromatic carbocycles. The lowest BCUT2D eigenvalue weighted by Crippen LogP contribution is -2.68. The molecule has 2 spiro atoms. The molecule has 3 fully saturated rings. The van der Waals surface area contributed by atoms with Crippen molar-refractivity contribution in [1.82, 2.24) is 0 Å². The van der Waals surface area contributed by atoms with E-state index in [0.717, 1.165) is 5.57 Å². The summed E-state index contributed by atoms with van der Waals surface area (Å²) in [5.74, 6) is -2.57. The second kappa shape index (κ2) is 9.34. The zero-order chi connectivity index (χ0) is 26.6. The molecule has 10 nitrogen and oxygen atoms in total. The van der Waals surface area contributed by atoms with Crippen LogP contribution in [0, 0.1) is 16.7 Å². The van der Waals surface area contributed by atoms with Gasteiger partial charge in [0, 0.05) is 24.0 Å². The number of ether oxygens (including phenoxy) is 5. The van der Waals surface area contributed by atoms with Crippen LogP contribution in [0.3, 0.4) is 0 Å². The lowest BCUT2D eigenvalue weighted by atomic mass is 9.51. The summed E-state index contributed by atoms with van der Waals surface area (Å²) in [7, 11) is 0. The molecule has 0 aromatic rings. The topological polar surface area (TPSA) is 141 Å². The van der Waals surface area contributed by atoms with Crippen LogP contribution < -0.4 is 0 Å². The van der Waals surface area contributed by atoms with E-state index in [9.17, 15) is 24.6 Å². The Balaban J connectivity index is 1.54. The monoisotopic (exact) mass is 518 g/mol. The Morgan fingerprint density at radius 2 is 1.70 bits per heavy atom. The van der Waals surface area contributed by atoms with Crippen molar-refractivity contribution in [2.75, 3.05) is 19.8 Å². The van der Waals surface area contributed by atoms with Crippen molar-refractivity contribution < 1.29 is 48.3 Å². The van der Waals surface area contributed by atoms with Gasteiger partial charge in [-0.25, -0.2) is 14.4 Å². The minimum Gasteiger partial charge on any atom is -0.463 e. The van der Waals surface area contributed by atoms with Gasteiger partial charge in [0.1, 0.15) is 18.3 Å². The summed E-state index contributed by atoms with van der Waals surface area (Å²) in [4.78, 5) is 37.6. The number of epoxide rings is 1. The zero-order valence-electron chi connectivity index (χ0n) is 21.3. The van der Waals surface area contributed by atoms with Gasteiger partial charge in [0.2, 0.25) is 0 Å². The van der Waals surface area contributed by atoms with Crippen molar-refractivity contribution >= 4 is 17.9 Å². The molecule has 5 rings (SSSR count). The van der Waals surface area contributed by atoms with E-state index in [1.807, 2.05) is 19.9 Å². The molecular weight excluding hydrogens is 484 g/mol. The molecule has 202 valence electrons. The Bertz CT molecular complexity index is 1060. The molecule has 2 saturated heterocycles. The first-order chi connectivity index (χ1) is 17.5. The summed E-state index contributed by atoms with van der Waals surface area (Å²) >= 11 is 0. The van der Waals surface area contributed by atoms with E-state index in [1.165, 1.54) is 24.3 Å². The van der Waals surface area contributed by atoms with Crippen molar-refractivity contribution in [2.24, 2.45) is 16.7 Å². The van der Waals surface area contributed by atoms with Gasteiger partial charge in [-0.1, -0.05) is 32.1 Å². The summed E-state index contributed by atoms with van der Waals surface area (Å²) in [5.41, 5.74) is -1.84. The molecule has 1 saturated carbocycles. The fourth-order valence-corrected chi connectivity index (χ4v) is 6.66. The number of carbonyl (C=O) groups excluding carboxylic acids is 3. The number of aliphatic hydroxyl groups excluding tert-OH is 2. The molecule has 2 bridgehead atoms. The Labute approximate surface area is 215 Å². The average Bonchev–Trinajstić information content (AvgIpc) is 3.63. The van der Waals surface area contributed by atoms with Crippen molar-refractivity contribution in [3.8, 4) is 0 Å². The minimum atomic E-state index is -1.44. The van der Waals surface area contributed by atoms with E-state index in [2.05, 4.69) is 0 Å². The highest BCUT2D eigenvalue weighted by Gasteiger charge is 2.83. The molecule has 2 N–H and O–H groups in total. The lowest BCUT2D eigenvalue weighted by Gasteiger charge is -2.58. The molecule has 5 aliphatic rings. The maximum atomic E-state index is 13.0. The predicted molar refractivity (Wildman–Crippen MR) is 127 cm³/mol. The van der Waals surface area contributed by atoms with Crippen LogP contribution in [0.15, 0.2) is 36.0 Å². The van der Waals surface area contributed by atoms with Gasteiger partial charge >= 0.3 is 17.9 Å². The largest absolute Gasteiger partial charge is 0.463 e. The number of rotatable bonds is 0. The van der Waals surface area contributed by atoms with E-state index >= 15 is 0 Å². The van der Waals surface area contributed by atoms with Gasteiger partial charge < -0.3 is 33.9 Å². The highest BCUT2D eigenvalue weighted by Crippen LogP contribution is 2.72. The maximum absolute atomic E-state index is 13.0. The normalized spacial score (nSPS) is 47.9. The molecule has 2 aliphatic carbocycles. The highest BCUT2D eigenvalue weighted by atomic mass is 16.6. The summed E-state index contributed by atoms with van der Waals surface area (Å²) < 4.78 is 29.3. The second-order valence-corrected chi connectivity index (χ2v) is 11.1. The van der Waals surface area contributed by atoms with Gasteiger partial charge in [-0.3, -0.25) is 0 Å². The van der Waals surface area contributed by atoms with E-state index < -0.39 is 64.7 Å². The van der Waals surface area contributed by atoms with Gasteiger partial charge in [0.05, 0.1) is 36.9 Å². The van der Waals surface area contributed by atoms with Crippen LogP contribution in [0.2, 0.25) is 0 Å². The maximum Gasteiger partial charge on any atom is 0.335 e. The van der Waals surface area contributed by atoms with Gasteiger partial charge in [-0.05, 0) is 31.3 Å². The summed E-state index contributed by atoms with van der Waals surface area (Å²) in [6, 6.07) is 0. The van der Waals surface area contributed by atoms with Crippen molar-refractivity contribution in [3.05, 3.63) is 36.0 Å². The first-order valence-corrected chi connectivity index (χ1v) is 12.8. The number of aliphatic hydroxyl groups is 2. The molecule has 3 aliphatic heterocycles. The van der Waals surface area contributed by atoms with Crippen LogP contribution in [0.25, 0.3) is 0 Å². The minimum absolute atomic E-state index is 0.00243. The summed E-state index contributed by atoms with van der Waals surface area (Å²) in [5, 5.41) is 21.6. The van der Waals surface area contributed by atoms with Gasteiger partial charge in [-0.2, -0.15) is 0 Å². The Morgan fingerprint density at radius 1 is 1.00 bits per heavy atom. The number of carbonyl (C=O) groups is 3. The van der Waals surface area contributed by atoms with E-state index in [-0.39, 0.29) is 32.2 Å². The standard InChI is InChI=1S/C27H34O10/c1-15-8-9-33-21(29)6-4-5-7-22(30)37-18-11-20-27(14-35-27)25(18,3)26(13-34-24(32)23(15)31)12-17(28)16(2)10-19(26)36-20/h4-7,10,15,17-20,23,28,31H,8-9,11-14H2,1-3H3/b6-4+,7-5-/t15-,17-,18-,19?,20-,23+,25-,26-,27+/m1/s1. The summed E-state index contributed by atoms with van der Waals surface area (Å²) in [6.07, 6.45) is 4.09. The number of hydrogen-bond acceptors (Lipinski definition) is 10. The quantitative estimate of drug-likeness (QED) is 0.208. The number of allylic oxidation sites excluding steroid dienone is 2. The highest BCUT2D eigenvalue weighted by molar-refractivity contribution is 5.84. The smallest absolute Gasteiger partial charge is 0.335 e. The van der Waals surface area contributed by atoms with Crippen molar-refractivity contribution in [1.29, 1.82) is 0 Å². The van der Waals surface area contributed by atoms with Crippen LogP contribution >= 0.6 is 0 Å². The molecule has 0 aromatic heterocycles. The third kappa shape index (κ3) is 4.05. The second-order valence-electron chi connectivity index (χ2n) is 11.1. The molecule has 37 heavy (non-hydrogen) atoms. The molecule has 0 radical (unpaired) electrons.